The lowest BCUT2D eigenvalue weighted by atomic mass is 9.99. The van der Waals surface area contributed by atoms with Crippen molar-refractivity contribution in [2.75, 3.05) is 24.2 Å². The second-order valence-electron chi connectivity index (χ2n) is 5.25. The summed E-state index contributed by atoms with van der Waals surface area (Å²) in [5.41, 5.74) is 4.33. The number of nitrogens with one attached hydrogen (secondary N) is 2. The third kappa shape index (κ3) is 2.83. The van der Waals surface area contributed by atoms with Crippen molar-refractivity contribution in [2.45, 2.75) is 37.5 Å². The number of thioether (sulfide) groups is 1. The van der Waals surface area contributed by atoms with Gasteiger partial charge in [0.1, 0.15) is 0 Å². The van der Waals surface area contributed by atoms with Gasteiger partial charge in [0.15, 0.2) is 0 Å². The molecule has 1 fully saturated rings. The summed E-state index contributed by atoms with van der Waals surface area (Å²) in [7, 11) is 0. The summed E-state index contributed by atoms with van der Waals surface area (Å²) in [4.78, 5) is 0. The normalized spacial score (nSPS) is 22.6. The first-order chi connectivity index (χ1) is 8.93. The first kappa shape index (κ1) is 12.4. The Morgan fingerprint density at radius 1 is 1.33 bits per heavy atom. The first-order valence-electron chi connectivity index (χ1n) is 7.10. The largest absolute Gasteiger partial charge is 0.385 e. The molecule has 1 saturated heterocycles. The second kappa shape index (κ2) is 5.98. The Kier molecular flexibility index (Phi) is 4.11. The van der Waals surface area contributed by atoms with Crippen molar-refractivity contribution >= 4 is 17.4 Å². The molecule has 2 aliphatic heterocycles. The smallest absolute Gasteiger partial charge is 0.0418 e. The van der Waals surface area contributed by atoms with Gasteiger partial charge in [-0.05, 0) is 42.6 Å². The topological polar surface area (TPSA) is 24.1 Å². The van der Waals surface area contributed by atoms with Crippen LogP contribution in [0.3, 0.4) is 0 Å². The molecule has 1 aromatic carbocycles. The first-order valence-corrected chi connectivity index (χ1v) is 8.15. The molecule has 1 unspecified atom stereocenters. The number of hydrogen-bond donors (Lipinski definition) is 2. The zero-order valence-corrected chi connectivity index (χ0v) is 11.7. The van der Waals surface area contributed by atoms with Gasteiger partial charge in [0, 0.05) is 30.6 Å². The molecule has 18 heavy (non-hydrogen) atoms. The van der Waals surface area contributed by atoms with Crippen molar-refractivity contribution in [3.8, 4) is 0 Å². The number of hydrogen-bond acceptors (Lipinski definition) is 3. The number of anilines is 1. The van der Waals surface area contributed by atoms with Gasteiger partial charge in [-0.2, -0.15) is 11.8 Å². The fraction of sp³-hybridized carbons (Fsp3) is 0.600. The van der Waals surface area contributed by atoms with Crippen LogP contribution >= 0.6 is 11.8 Å². The number of fused-ring (bicyclic) bond motifs is 1. The van der Waals surface area contributed by atoms with E-state index in [-0.39, 0.29) is 0 Å². The van der Waals surface area contributed by atoms with Gasteiger partial charge >= 0.3 is 0 Å². The summed E-state index contributed by atoms with van der Waals surface area (Å²) in [6.07, 6.45) is 5.29. The maximum atomic E-state index is 3.63. The fourth-order valence-corrected chi connectivity index (χ4v) is 4.14. The number of benzene rings is 1. The fourth-order valence-electron chi connectivity index (χ4n) is 2.90. The van der Waals surface area contributed by atoms with Gasteiger partial charge in [-0.25, -0.2) is 0 Å². The Hall–Kier alpha value is -0.670. The molecule has 0 aromatic heterocycles. The van der Waals surface area contributed by atoms with E-state index in [1.165, 1.54) is 48.3 Å². The van der Waals surface area contributed by atoms with Crippen LogP contribution in [0.5, 0.6) is 0 Å². The molecule has 0 bridgehead atoms. The van der Waals surface area contributed by atoms with E-state index in [0.29, 0.717) is 0 Å². The molecule has 0 amide bonds. The van der Waals surface area contributed by atoms with E-state index in [1.54, 1.807) is 0 Å². The van der Waals surface area contributed by atoms with E-state index in [1.807, 2.05) is 0 Å². The van der Waals surface area contributed by atoms with Crippen LogP contribution in [0.15, 0.2) is 18.2 Å². The Morgan fingerprint density at radius 3 is 3.22 bits per heavy atom. The van der Waals surface area contributed by atoms with Gasteiger partial charge in [0.05, 0.1) is 0 Å². The highest BCUT2D eigenvalue weighted by molar-refractivity contribution is 8.00. The van der Waals surface area contributed by atoms with Crippen LogP contribution < -0.4 is 10.6 Å². The molecule has 98 valence electrons. The Balaban J connectivity index is 1.58. The highest BCUT2D eigenvalue weighted by Gasteiger charge is 2.16. The number of aryl methyl sites for hydroxylation is 1. The van der Waals surface area contributed by atoms with E-state index in [4.69, 9.17) is 0 Å². The maximum absolute atomic E-state index is 3.63. The molecule has 2 heterocycles. The van der Waals surface area contributed by atoms with E-state index in [2.05, 4.69) is 40.6 Å². The lowest BCUT2D eigenvalue weighted by Crippen LogP contribution is -2.24. The van der Waals surface area contributed by atoms with Crippen LogP contribution in [0.4, 0.5) is 5.69 Å². The molecular weight excluding hydrogens is 240 g/mol. The standard InChI is InChI=1S/C15H22N2S/c1-4-12-6-2-8-17-15(12)13(5-1)10-16-11-14-7-3-9-18-14/h1,4-5,14,16-17H,2-3,6-11H2. The lowest BCUT2D eigenvalue weighted by molar-refractivity contribution is 0.645. The highest BCUT2D eigenvalue weighted by Crippen LogP contribution is 2.27. The van der Waals surface area contributed by atoms with Gasteiger partial charge < -0.3 is 10.6 Å². The Morgan fingerprint density at radius 2 is 2.33 bits per heavy atom. The average Bonchev–Trinajstić information content (AvgIpc) is 2.92. The molecule has 2 N–H and O–H groups in total. The van der Waals surface area contributed by atoms with Crippen molar-refractivity contribution in [1.29, 1.82) is 0 Å². The van der Waals surface area contributed by atoms with Crippen molar-refractivity contribution < 1.29 is 0 Å². The Bertz CT molecular complexity index is 399. The minimum absolute atomic E-state index is 0.845. The summed E-state index contributed by atoms with van der Waals surface area (Å²) in [6.45, 7) is 3.30. The minimum atomic E-state index is 0.845. The molecule has 3 heteroatoms. The number of rotatable bonds is 4. The Labute approximate surface area is 114 Å². The van der Waals surface area contributed by atoms with Gasteiger partial charge in [-0.3, -0.25) is 0 Å². The highest BCUT2D eigenvalue weighted by atomic mass is 32.2. The predicted octanol–water partition coefficient (Wildman–Crippen LogP) is 3.03. The molecule has 0 saturated carbocycles. The molecular formula is C15H22N2S. The summed E-state index contributed by atoms with van der Waals surface area (Å²) < 4.78 is 0. The van der Waals surface area contributed by atoms with Crippen molar-refractivity contribution in [3.63, 3.8) is 0 Å². The van der Waals surface area contributed by atoms with Crippen LogP contribution in [0.1, 0.15) is 30.4 Å². The van der Waals surface area contributed by atoms with Crippen molar-refractivity contribution in [1.82, 2.24) is 5.32 Å². The molecule has 2 aliphatic rings. The molecule has 0 aliphatic carbocycles. The van der Waals surface area contributed by atoms with Crippen LogP contribution in [0, 0.1) is 0 Å². The SMILES string of the molecule is c1cc2c(c(CNCC3CCCS3)c1)NCCC2. The third-order valence-corrected chi connectivity index (χ3v) is 5.27. The maximum Gasteiger partial charge on any atom is 0.0418 e. The van der Waals surface area contributed by atoms with Crippen molar-refractivity contribution in [2.24, 2.45) is 0 Å². The molecule has 0 spiro atoms. The zero-order chi connectivity index (χ0) is 12.2. The third-order valence-electron chi connectivity index (χ3n) is 3.87. The average molecular weight is 262 g/mol. The number of para-hydroxylation sites is 1. The van der Waals surface area contributed by atoms with E-state index in [0.717, 1.165) is 24.9 Å². The summed E-state index contributed by atoms with van der Waals surface area (Å²) >= 11 is 2.13. The molecule has 1 aromatic rings. The van der Waals surface area contributed by atoms with Gasteiger partial charge in [0.25, 0.3) is 0 Å². The van der Waals surface area contributed by atoms with Crippen LogP contribution in [-0.2, 0) is 13.0 Å². The quantitative estimate of drug-likeness (QED) is 0.872. The zero-order valence-electron chi connectivity index (χ0n) is 10.9. The molecule has 3 rings (SSSR count). The van der Waals surface area contributed by atoms with Gasteiger partial charge in [-0.15, -0.1) is 0 Å². The molecule has 1 atom stereocenters. The van der Waals surface area contributed by atoms with E-state index >= 15 is 0 Å². The minimum Gasteiger partial charge on any atom is -0.385 e. The summed E-state index contributed by atoms with van der Waals surface area (Å²) in [5.74, 6) is 1.36. The van der Waals surface area contributed by atoms with Crippen LogP contribution in [0.25, 0.3) is 0 Å². The predicted molar refractivity (Wildman–Crippen MR) is 80.4 cm³/mol. The van der Waals surface area contributed by atoms with Crippen LogP contribution in [0.2, 0.25) is 0 Å². The van der Waals surface area contributed by atoms with Crippen molar-refractivity contribution in [3.05, 3.63) is 29.3 Å². The summed E-state index contributed by atoms with van der Waals surface area (Å²) in [5, 5.41) is 8.04. The second-order valence-corrected chi connectivity index (χ2v) is 6.66. The monoisotopic (exact) mass is 262 g/mol. The van der Waals surface area contributed by atoms with Crippen LogP contribution in [-0.4, -0.2) is 24.1 Å². The van der Waals surface area contributed by atoms with E-state index in [9.17, 15) is 0 Å². The molecule has 0 radical (unpaired) electrons. The summed E-state index contributed by atoms with van der Waals surface area (Å²) in [6, 6.07) is 6.72. The lowest BCUT2D eigenvalue weighted by Gasteiger charge is -2.21. The molecule has 2 nitrogen and oxygen atoms in total. The van der Waals surface area contributed by atoms with Gasteiger partial charge in [-0.1, -0.05) is 18.2 Å². The van der Waals surface area contributed by atoms with E-state index < -0.39 is 0 Å². The van der Waals surface area contributed by atoms with Gasteiger partial charge in [0.2, 0.25) is 0 Å².